The summed E-state index contributed by atoms with van der Waals surface area (Å²) < 4.78 is 9.10. The summed E-state index contributed by atoms with van der Waals surface area (Å²) in [5.41, 5.74) is 20.2. The number of hydrogen-bond acceptors (Lipinski definition) is 2. The Balaban J connectivity index is 0.911. The molecule has 0 fully saturated rings. The number of hydrogen-bond donors (Lipinski definition) is 0. The van der Waals surface area contributed by atoms with Crippen molar-refractivity contribution >= 4 is 33.0 Å². The van der Waals surface area contributed by atoms with Gasteiger partial charge in [0.25, 0.3) is 0 Å². The first-order chi connectivity index (χ1) is 30.2. The Labute approximate surface area is 354 Å². The molecule has 0 aliphatic heterocycles. The standard InChI is InChI=1S/C58H40N2O/c1-4-14-38(15-5-1)43-29-34-47-48-35-30-44(39-16-6-2-7-17-39)37-52(48)49(51(47)36-43)33-28-41-20-12-22-50-56-46(21-13-25-55(56)61-57(41)50)40-26-31-45(32-27-40)60-54-24-11-10-23-53(54)59-58(60)42-18-8-3-9-19-42/h1-27,29-32,34-37,49H,28,33H2. The van der Waals surface area contributed by atoms with E-state index in [-0.39, 0.29) is 5.92 Å². The average molecular weight is 781 g/mol. The van der Waals surface area contributed by atoms with Gasteiger partial charge in [0.2, 0.25) is 0 Å². The molecule has 1 aliphatic carbocycles. The summed E-state index contributed by atoms with van der Waals surface area (Å²) in [4.78, 5) is 5.06. The molecule has 0 saturated carbocycles. The Kier molecular flexibility index (Phi) is 8.38. The van der Waals surface area contributed by atoms with Crippen LogP contribution in [0.4, 0.5) is 0 Å². The van der Waals surface area contributed by atoms with Gasteiger partial charge < -0.3 is 4.42 Å². The van der Waals surface area contributed by atoms with E-state index in [0.29, 0.717) is 0 Å². The van der Waals surface area contributed by atoms with Crippen LogP contribution < -0.4 is 0 Å². The molecule has 1 aliphatic rings. The maximum absolute atomic E-state index is 6.84. The topological polar surface area (TPSA) is 31.0 Å². The number of benzene rings is 9. The number of fused-ring (bicyclic) bond motifs is 7. The molecule has 0 amide bonds. The van der Waals surface area contributed by atoms with Crippen molar-refractivity contribution in [3.8, 4) is 61.6 Å². The van der Waals surface area contributed by atoms with Crippen molar-refractivity contribution in [1.82, 2.24) is 9.55 Å². The van der Waals surface area contributed by atoms with Crippen LogP contribution in [0.15, 0.2) is 217 Å². The third-order valence-corrected chi connectivity index (χ3v) is 12.7. The second kappa shape index (κ2) is 14.5. The first-order valence-electron chi connectivity index (χ1n) is 21.2. The van der Waals surface area contributed by atoms with Crippen molar-refractivity contribution in [2.75, 3.05) is 0 Å². The molecule has 0 N–H and O–H groups in total. The Morgan fingerprint density at radius 1 is 0.459 bits per heavy atom. The van der Waals surface area contributed by atoms with Crippen LogP contribution in [0.25, 0.3) is 94.6 Å². The smallest absolute Gasteiger partial charge is 0.145 e. The maximum Gasteiger partial charge on any atom is 0.145 e. The first-order valence-corrected chi connectivity index (χ1v) is 21.2. The fourth-order valence-corrected chi connectivity index (χ4v) is 9.79. The van der Waals surface area contributed by atoms with E-state index in [0.717, 1.165) is 68.5 Å². The predicted molar refractivity (Wildman–Crippen MR) is 252 cm³/mol. The van der Waals surface area contributed by atoms with Crippen LogP contribution in [0.2, 0.25) is 0 Å². The molecule has 3 heteroatoms. The Hall–Kier alpha value is -7.75. The zero-order chi connectivity index (χ0) is 40.3. The molecule has 9 aromatic carbocycles. The minimum atomic E-state index is 0.251. The van der Waals surface area contributed by atoms with Gasteiger partial charge in [0, 0.05) is 27.9 Å². The molecule has 0 spiro atoms. The number of furan rings is 1. The van der Waals surface area contributed by atoms with Crippen molar-refractivity contribution < 1.29 is 4.42 Å². The number of nitrogens with zero attached hydrogens (tertiary/aromatic N) is 2. The van der Waals surface area contributed by atoms with Gasteiger partial charge >= 0.3 is 0 Å². The Morgan fingerprint density at radius 2 is 1.05 bits per heavy atom. The average Bonchev–Trinajstić information content (AvgIpc) is 4.01. The molecule has 2 aromatic heterocycles. The van der Waals surface area contributed by atoms with E-state index in [1.165, 1.54) is 55.6 Å². The Morgan fingerprint density at radius 3 is 1.72 bits per heavy atom. The van der Waals surface area contributed by atoms with Crippen molar-refractivity contribution in [3.05, 3.63) is 229 Å². The van der Waals surface area contributed by atoms with E-state index < -0.39 is 0 Å². The molecule has 0 radical (unpaired) electrons. The van der Waals surface area contributed by atoms with Crippen LogP contribution in [0.3, 0.4) is 0 Å². The number of aryl methyl sites for hydroxylation is 1. The molecule has 61 heavy (non-hydrogen) atoms. The second-order valence-electron chi connectivity index (χ2n) is 16.2. The van der Waals surface area contributed by atoms with Gasteiger partial charge in [-0.2, -0.15) is 0 Å². The Bertz CT molecular complexity index is 3310. The molecular weight excluding hydrogens is 741 g/mol. The lowest BCUT2D eigenvalue weighted by molar-refractivity contribution is 0.654. The van der Waals surface area contributed by atoms with Gasteiger partial charge in [0.1, 0.15) is 17.0 Å². The summed E-state index contributed by atoms with van der Waals surface area (Å²) in [5.74, 6) is 1.18. The predicted octanol–water partition coefficient (Wildman–Crippen LogP) is 15.3. The lowest BCUT2D eigenvalue weighted by atomic mass is 9.88. The quantitative estimate of drug-likeness (QED) is 0.154. The van der Waals surface area contributed by atoms with Gasteiger partial charge in [-0.1, -0.05) is 170 Å². The van der Waals surface area contributed by atoms with Gasteiger partial charge in [-0.05, 0) is 117 Å². The zero-order valence-corrected chi connectivity index (χ0v) is 33.5. The van der Waals surface area contributed by atoms with E-state index in [2.05, 4.69) is 211 Å². The van der Waals surface area contributed by atoms with E-state index in [1.54, 1.807) is 0 Å². The first kappa shape index (κ1) is 35.2. The van der Waals surface area contributed by atoms with Crippen molar-refractivity contribution in [3.63, 3.8) is 0 Å². The maximum atomic E-state index is 6.84. The van der Waals surface area contributed by atoms with Crippen LogP contribution >= 0.6 is 0 Å². The van der Waals surface area contributed by atoms with E-state index in [9.17, 15) is 0 Å². The highest BCUT2D eigenvalue weighted by molar-refractivity contribution is 6.13. The largest absolute Gasteiger partial charge is 0.456 e. The second-order valence-corrected chi connectivity index (χ2v) is 16.2. The summed E-state index contributed by atoms with van der Waals surface area (Å²) in [6, 6.07) is 76.5. The van der Waals surface area contributed by atoms with E-state index in [1.807, 2.05) is 6.07 Å². The summed E-state index contributed by atoms with van der Waals surface area (Å²) in [7, 11) is 0. The number of para-hydroxylation sites is 3. The minimum Gasteiger partial charge on any atom is -0.456 e. The number of aromatic nitrogens is 2. The summed E-state index contributed by atoms with van der Waals surface area (Å²) in [5, 5.41) is 2.31. The summed E-state index contributed by atoms with van der Waals surface area (Å²) in [6.45, 7) is 0. The van der Waals surface area contributed by atoms with Crippen molar-refractivity contribution in [1.29, 1.82) is 0 Å². The molecule has 0 saturated heterocycles. The van der Waals surface area contributed by atoms with E-state index in [4.69, 9.17) is 9.40 Å². The van der Waals surface area contributed by atoms with Gasteiger partial charge in [-0.25, -0.2) is 4.98 Å². The molecule has 2 heterocycles. The highest BCUT2D eigenvalue weighted by Gasteiger charge is 2.30. The molecule has 11 aromatic rings. The number of imidazole rings is 1. The van der Waals surface area contributed by atoms with Gasteiger partial charge in [0.05, 0.1) is 11.0 Å². The fourth-order valence-electron chi connectivity index (χ4n) is 9.79. The highest BCUT2D eigenvalue weighted by Crippen LogP contribution is 2.50. The minimum absolute atomic E-state index is 0.251. The molecule has 0 bridgehead atoms. The highest BCUT2D eigenvalue weighted by atomic mass is 16.3. The van der Waals surface area contributed by atoms with Crippen LogP contribution in [0.1, 0.15) is 29.0 Å². The van der Waals surface area contributed by atoms with Crippen molar-refractivity contribution in [2.45, 2.75) is 18.8 Å². The normalized spacial score (nSPS) is 12.3. The van der Waals surface area contributed by atoms with E-state index >= 15 is 0 Å². The monoisotopic (exact) mass is 780 g/mol. The SMILES string of the molecule is c1ccc(-c2ccc3c(c2)C(CCc2cccc4c2oc2cccc(-c5ccc(-n6c(-c7ccccc7)nc7ccccc76)cc5)c24)c2cc(-c4ccccc4)ccc2-3)cc1. The van der Waals surface area contributed by atoms with Crippen LogP contribution in [-0.2, 0) is 6.42 Å². The molecule has 0 unspecified atom stereocenters. The lowest BCUT2D eigenvalue weighted by Crippen LogP contribution is -2.00. The molecule has 12 rings (SSSR count). The molecule has 3 nitrogen and oxygen atoms in total. The van der Waals surface area contributed by atoms with Crippen LogP contribution in [-0.4, -0.2) is 9.55 Å². The van der Waals surface area contributed by atoms with Gasteiger partial charge in [0.15, 0.2) is 0 Å². The van der Waals surface area contributed by atoms with Gasteiger partial charge in [-0.15, -0.1) is 0 Å². The third kappa shape index (κ3) is 6.00. The van der Waals surface area contributed by atoms with Gasteiger partial charge in [-0.3, -0.25) is 4.57 Å². The molecule has 288 valence electrons. The zero-order valence-electron chi connectivity index (χ0n) is 33.5. The summed E-state index contributed by atoms with van der Waals surface area (Å²) in [6.07, 6.45) is 1.85. The lowest BCUT2D eigenvalue weighted by Gasteiger charge is -2.16. The third-order valence-electron chi connectivity index (χ3n) is 12.7. The molecule has 0 atom stereocenters. The fraction of sp³-hybridized carbons (Fsp3) is 0.0517. The summed E-state index contributed by atoms with van der Waals surface area (Å²) >= 11 is 0. The molecular formula is C58H40N2O. The number of rotatable bonds is 8. The van der Waals surface area contributed by atoms with Crippen molar-refractivity contribution in [2.24, 2.45) is 0 Å². The van der Waals surface area contributed by atoms with Crippen LogP contribution in [0, 0.1) is 0 Å². The van der Waals surface area contributed by atoms with Crippen LogP contribution in [0.5, 0.6) is 0 Å².